The summed E-state index contributed by atoms with van der Waals surface area (Å²) in [5.74, 6) is -0.775. The molecule has 1 aromatic heterocycles. The lowest BCUT2D eigenvalue weighted by atomic mass is 9.79. The highest BCUT2D eigenvalue weighted by molar-refractivity contribution is 5.88. The SMILES string of the molecule is O=C(O)C1CCC2(CC1)CN(c1ncccn1)C(=O)O2. The van der Waals surface area contributed by atoms with Crippen molar-refractivity contribution in [3.05, 3.63) is 18.5 Å². The smallest absolute Gasteiger partial charge is 0.417 e. The molecule has 7 heteroatoms. The molecule has 0 radical (unpaired) electrons. The summed E-state index contributed by atoms with van der Waals surface area (Å²) in [6.07, 6.45) is 4.89. The summed E-state index contributed by atoms with van der Waals surface area (Å²) in [7, 11) is 0. The Morgan fingerprint density at radius 2 is 2.00 bits per heavy atom. The minimum Gasteiger partial charge on any atom is -0.481 e. The van der Waals surface area contributed by atoms with Crippen LogP contribution < -0.4 is 4.90 Å². The number of aliphatic carboxylic acids is 1. The highest BCUT2D eigenvalue weighted by atomic mass is 16.6. The summed E-state index contributed by atoms with van der Waals surface area (Å²) < 4.78 is 5.50. The number of anilines is 1. The van der Waals surface area contributed by atoms with Gasteiger partial charge in [-0.1, -0.05) is 0 Å². The number of nitrogens with zero attached hydrogens (tertiary/aromatic N) is 3. The largest absolute Gasteiger partial charge is 0.481 e. The number of rotatable bonds is 2. The van der Waals surface area contributed by atoms with Crippen LogP contribution in [0.1, 0.15) is 25.7 Å². The normalized spacial score (nSPS) is 29.5. The second-order valence-electron chi connectivity index (χ2n) is 5.30. The molecule has 1 spiro atoms. The first-order valence-corrected chi connectivity index (χ1v) is 6.60. The van der Waals surface area contributed by atoms with Crippen molar-refractivity contribution in [1.29, 1.82) is 0 Å². The van der Waals surface area contributed by atoms with Crippen LogP contribution in [-0.4, -0.2) is 39.3 Å². The minimum absolute atomic E-state index is 0.328. The Hall–Kier alpha value is -2.18. The fraction of sp³-hybridized carbons (Fsp3) is 0.538. The predicted octanol–water partition coefficient (Wildman–Crippen LogP) is 1.45. The molecule has 1 N–H and O–H groups in total. The molecule has 106 valence electrons. The highest BCUT2D eigenvalue weighted by Gasteiger charge is 2.49. The van der Waals surface area contributed by atoms with Crippen molar-refractivity contribution in [2.45, 2.75) is 31.3 Å². The zero-order valence-electron chi connectivity index (χ0n) is 10.9. The average molecular weight is 277 g/mol. The van der Waals surface area contributed by atoms with Crippen LogP contribution >= 0.6 is 0 Å². The molecule has 0 atom stereocenters. The molecule has 3 rings (SSSR count). The molecule has 2 fully saturated rings. The lowest BCUT2D eigenvalue weighted by Gasteiger charge is -2.33. The van der Waals surface area contributed by atoms with Gasteiger partial charge in [-0.25, -0.2) is 19.7 Å². The maximum Gasteiger partial charge on any atom is 0.417 e. The average Bonchev–Trinajstić information content (AvgIpc) is 2.77. The number of aromatic nitrogens is 2. The molecule has 1 saturated carbocycles. The predicted molar refractivity (Wildman–Crippen MR) is 68.2 cm³/mol. The zero-order valence-corrected chi connectivity index (χ0v) is 10.9. The lowest BCUT2D eigenvalue weighted by molar-refractivity contribution is -0.144. The van der Waals surface area contributed by atoms with Gasteiger partial charge in [0.1, 0.15) is 5.60 Å². The fourth-order valence-electron chi connectivity index (χ4n) is 2.86. The molecule has 1 amide bonds. The molecule has 2 heterocycles. The summed E-state index contributed by atoms with van der Waals surface area (Å²) in [6, 6.07) is 1.68. The number of amides is 1. The maximum atomic E-state index is 12.0. The van der Waals surface area contributed by atoms with Gasteiger partial charge in [-0.3, -0.25) is 4.79 Å². The standard InChI is InChI=1S/C13H15N3O4/c17-10(18)9-2-4-13(5-3-9)8-16(12(19)20-13)11-14-6-1-7-15-11/h1,6-7,9H,2-5,8H2,(H,17,18). The summed E-state index contributed by atoms with van der Waals surface area (Å²) in [5, 5.41) is 9.01. The van der Waals surface area contributed by atoms with Gasteiger partial charge < -0.3 is 9.84 Å². The van der Waals surface area contributed by atoms with E-state index < -0.39 is 17.7 Å². The van der Waals surface area contributed by atoms with E-state index in [1.54, 1.807) is 18.5 Å². The Kier molecular flexibility index (Phi) is 3.04. The molecule has 20 heavy (non-hydrogen) atoms. The Balaban J connectivity index is 1.73. The Morgan fingerprint density at radius 1 is 1.35 bits per heavy atom. The van der Waals surface area contributed by atoms with Crippen LogP contribution in [0.15, 0.2) is 18.5 Å². The molecule has 7 nitrogen and oxygen atoms in total. The van der Waals surface area contributed by atoms with Gasteiger partial charge in [-0.15, -0.1) is 0 Å². The van der Waals surface area contributed by atoms with Gasteiger partial charge >= 0.3 is 12.1 Å². The first-order chi connectivity index (χ1) is 9.60. The third-order valence-electron chi connectivity index (χ3n) is 4.01. The molecule has 1 aliphatic carbocycles. The van der Waals surface area contributed by atoms with Gasteiger partial charge in [-0.05, 0) is 31.7 Å². The Bertz CT molecular complexity index is 526. The van der Waals surface area contributed by atoms with Crippen molar-refractivity contribution >= 4 is 18.0 Å². The van der Waals surface area contributed by atoms with Crippen LogP contribution in [0, 0.1) is 5.92 Å². The van der Waals surface area contributed by atoms with Gasteiger partial charge in [0.05, 0.1) is 12.5 Å². The van der Waals surface area contributed by atoms with Gasteiger partial charge in [0.15, 0.2) is 0 Å². The molecule has 0 bridgehead atoms. The first kappa shape index (κ1) is 12.8. The van der Waals surface area contributed by atoms with Crippen LogP contribution in [0.25, 0.3) is 0 Å². The van der Waals surface area contributed by atoms with E-state index in [2.05, 4.69) is 9.97 Å². The van der Waals surface area contributed by atoms with Crippen LogP contribution in [0.5, 0.6) is 0 Å². The molecular weight excluding hydrogens is 262 g/mol. The van der Waals surface area contributed by atoms with E-state index >= 15 is 0 Å². The number of carbonyl (C=O) groups is 2. The lowest BCUT2D eigenvalue weighted by Crippen LogP contribution is -2.40. The number of carboxylic acid groups (broad SMARTS) is 1. The minimum atomic E-state index is -0.771. The topological polar surface area (TPSA) is 92.6 Å². The quantitative estimate of drug-likeness (QED) is 0.879. The zero-order chi connectivity index (χ0) is 14.2. The molecule has 2 aliphatic rings. The molecule has 0 aromatic carbocycles. The van der Waals surface area contributed by atoms with Crippen LogP contribution in [-0.2, 0) is 9.53 Å². The third kappa shape index (κ3) is 2.19. The molecule has 0 unspecified atom stereocenters. The summed E-state index contributed by atoms with van der Waals surface area (Å²) in [5.41, 5.74) is -0.581. The van der Waals surface area contributed by atoms with Crippen molar-refractivity contribution in [3.8, 4) is 0 Å². The van der Waals surface area contributed by atoms with E-state index in [9.17, 15) is 9.59 Å². The van der Waals surface area contributed by atoms with Crippen molar-refractivity contribution in [3.63, 3.8) is 0 Å². The number of ether oxygens (including phenoxy) is 1. The Labute approximate surface area is 115 Å². The van der Waals surface area contributed by atoms with Crippen molar-refractivity contribution in [1.82, 2.24) is 9.97 Å². The van der Waals surface area contributed by atoms with Crippen molar-refractivity contribution in [2.24, 2.45) is 5.92 Å². The number of hydrogen-bond acceptors (Lipinski definition) is 5. The van der Waals surface area contributed by atoms with E-state index in [4.69, 9.17) is 9.84 Å². The third-order valence-corrected chi connectivity index (χ3v) is 4.01. The molecular formula is C13H15N3O4. The van der Waals surface area contributed by atoms with Crippen molar-refractivity contribution in [2.75, 3.05) is 11.4 Å². The van der Waals surface area contributed by atoms with Crippen molar-refractivity contribution < 1.29 is 19.4 Å². The first-order valence-electron chi connectivity index (χ1n) is 6.60. The van der Waals surface area contributed by atoms with E-state index in [0.29, 0.717) is 38.2 Å². The van der Waals surface area contributed by atoms with E-state index in [0.717, 1.165) is 0 Å². The van der Waals surface area contributed by atoms with Gasteiger partial charge in [0.2, 0.25) is 5.95 Å². The summed E-state index contributed by atoms with van der Waals surface area (Å²) in [6.45, 7) is 0.391. The number of carbonyl (C=O) groups excluding carboxylic acids is 1. The van der Waals surface area contributed by atoms with Gasteiger partial charge in [0, 0.05) is 12.4 Å². The summed E-state index contributed by atoms with van der Waals surface area (Å²) >= 11 is 0. The second kappa shape index (κ2) is 4.73. The monoisotopic (exact) mass is 277 g/mol. The highest BCUT2D eigenvalue weighted by Crippen LogP contribution is 2.40. The van der Waals surface area contributed by atoms with Gasteiger partial charge in [-0.2, -0.15) is 0 Å². The molecule has 1 saturated heterocycles. The van der Waals surface area contributed by atoms with Crippen LogP contribution in [0.4, 0.5) is 10.7 Å². The number of hydrogen-bond donors (Lipinski definition) is 1. The number of carboxylic acids is 1. The molecule has 1 aromatic rings. The fourth-order valence-corrected chi connectivity index (χ4v) is 2.86. The van der Waals surface area contributed by atoms with Gasteiger partial charge in [0.25, 0.3) is 0 Å². The van der Waals surface area contributed by atoms with Crippen LogP contribution in [0.2, 0.25) is 0 Å². The van der Waals surface area contributed by atoms with E-state index in [-0.39, 0.29) is 5.92 Å². The van der Waals surface area contributed by atoms with E-state index in [1.807, 2.05) is 0 Å². The maximum absolute atomic E-state index is 12.0. The van der Waals surface area contributed by atoms with Crippen LogP contribution in [0.3, 0.4) is 0 Å². The Morgan fingerprint density at radius 3 is 2.60 bits per heavy atom. The molecule has 1 aliphatic heterocycles. The second-order valence-corrected chi connectivity index (χ2v) is 5.30. The van der Waals surface area contributed by atoms with E-state index in [1.165, 1.54) is 4.90 Å². The summed E-state index contributed by atoms with van der Waals surface area (Å²) in [4.78, 5) is 32.5.